The number of anilines is 1. The van der Waals surface area contributed by atoms with E-state index in [0.717, 1.165) is 6.07 Å². The van der Waals surface area contributed by atoms with Gasteiger partial charge in [0.2, 0.25) is 0 Å². The van der Waals surface area contributed by atoms with Crippen molar-refractivity contribution in [1.29, 1.82) is 0 Å². The number of rotatable bonds is 5. The Morgan fingerprint density at radius 3 is 2.45 bits per heavy atom. The average Bonchev–Trinajstić information content (AvgIpc) is 2.32. The Balaban J connectivity index is 2.67. The van der Waals surface area contributed by atoms with Crippen LogP contribution in [0.3, 0.4) is 0 Å². The molecule has 1 atom stereocenters. The lowest BCUT2D eigenvalue weighted by Crippen LogP contribution is -2.44. The van der Waals surface area contributed by atoms with Crippen molar-refractivity contribution in [3.05, 3.63) is 29.6 Å². The summed E-state index contributed by atoms with van der Waals surface area (Å²) in [5.41, 5.74) is 0.573. The van der Waals surface area contributed by atoms with Gasteiger partial charge in [-0.05, 0) is 30.7 Å². The Hall–Kier alpha value is -2.64. The van der Waals surface area contributed by atoms with Crippen LogP contribution in [0.2, 0.25) is 0 Å². The summed E-state index contributed by atoms with van der Waals surface area (Å²) in [5, 5.41) is 21.6. The molecule has 0 aliphatic carbocycles. The van der Waals surface area contributed by atoms with E-state index in [1.54, 1.807) is 0 Å². The molecule has 20 heavy (non-hydrogen) atoms. The van der Waals surface area contributed by atoms with Crippen molar-refractivity contribution in [2.45, 2.75) is 19.4 Å². The zero-order chi connectivity index (χ0) is 15.3. The molecule has 7 nitrogen and oxygen atoms in total. The normalized spacial score (nSPS) is 11.5. The van der Waals surface area contributed by atoms with Gasteiger partial charge >= 0.3 is 18.0 Å². The maximum absolute atomic E-state index is 13.0. The predicted octanol–water partition coefficient (Wildman–Crippen LogP) is 1.18. The molecule has 1 aromatic rings. The Kier molecular flexibility index (Phi) is 5.01. The number of carboxylic acid groups (broad SMARTS) is 2. The number of carbonyl (C=O) groups is 3. The quantitative estimate of drug-likeness (QED) is 0.648. The first-order chi connectivity index (χ1) is 9.29. The minimum atomic E-state index is -1.55. The first-order valence-electron chi connectivity index (χ1n) is 5.58. The third-order valence-corrected chi connectivity index (χ3v) is 2.40. The fourth-order valence-corrected chi connectivity index (χ4v) is 1.42. The van der Waals surface area contributed by atoms with Crippen LogP contribution in [0.1, 0.15) is 12.0 Å². The second kappa shape index (κ2) is 6.50. The number of nitrogens with one attached hydrogen (secondary N) is 2. The number of halogens is 1. The zero-order valence-electron chi connectivity index (χ0n) is 10.5. The van der Waals surface area contributed by atoms with Crippen molar-refractivity contribution >= 4 is 23.7 Å². The van der Waals surface area contributed by atoms with E-state index in [9.17, 15) is 18.8 Å². The molecule has 8 heteroatoms. The number of aliphatic carboxylic acids is 2. The Morgan fingerprint density at radius 2 is 1.95 bits per heavy atom. The first-order valence-corrected chi connectivity index (χ1v) is 5.58. The third kappa shape index (κ3) is 4.56. The average molecular weight is 284 g/mol. The summed E-state index contributed by atoms with van der Waals surface area (Å²) < 4.78 is 13.0. The van der Waals surface area contributed by atoms with Crippen molar-refractivity contribution in [1.82, 2.24) is 5.32 Å². The number of hydrogen-bond acceptors (Lipinski definition) is 3. The summed E-state index contributed by atoms with van der Waals surface area (Å²) in [6, 6.07) is 1.38. The standard InChI is InChI=1S/C12H13FN2O5/c1-6-4-7(2-3-8(6)13)14-12(20)15-9(11(18)19)5-10(16)17/h2-4,9H,5H2,1H3,(H,16,17)(H,18,19)(H2,14,15,20)/t9-/m0/s1. The number of carbonyl (C=O) groups excluding carboxylic acids is 1. The molecule has 0 saturated heterocycles. The third-order valence-electron chi connectivity index (χ3n) is 2.40. The second-order valence-corrected chi connectivity index (χ2v) is 4.05. The maximum Gasteiger partial charge on any atom is 0.326 e. The maximum atomic E-state index is 13.0. The van der Waals surface area contributed by atoms with Gasteiger partial charge in [0, 0.05) is 5.69 Å². The van der Waals surface area contributed by atoms with Crippen molar-refractivity contribution in [2.75, 3.05) is 5.32 Å². The Morgan fingerprint density at radius 1 is 1.30 bits per heavy atom. The number of carboxylic acids is 2. The molecule has 0 unspecified atom stereocenters. The van der Waals surface area contributed by atoms with Crippen molar-refractivity contribution in [3.8, 4) is 0 Å². The van der Waals surface area contributed by atoms with Crippen LogP contribution >= 0.6 is 0 Å². The van der Waals surface area contributed by atoms with Gasteiger partial charge in [0.15, 0.2) is 0 Å². The second-order valence-electron chi connectivity index (χ2n) is 4.05. The van der Waals surface area contributed by atoms with E-state index in [1.807, 2.05) is 5.32 Å². The summed E-state index contributed by atoms with van der Waals surface area (Å²) in [5.74, 6) is -3.25. The number of amides is 2. The molecule has 0 aliphatic rings. The highest BCUT2D eigenvalue weighted by Crippen LogP contribution is 2.13. The number of benzene rings is 1. The lowest BCUT2D eigenvalue weighted by Gasteiger charge is -2.13. The van der Waals surface area contributed by atoms with Gasteiger partial charge in [-0.25, -0.2) is 14.0 Å². The van der Waals surface area contributed by atoms with Crippen LogP contribution in [0.5, 0.6) is 0 Å². The molecule has 0 radical (unpaired) electrons. The summed E-state index contributed by atoms with van der Waals surface area (Å²) in [4.78, 5) is 32.8. The van der Waals surface area contributed by atoms with E-state index in [2.05, 4.69) is 5.32 Å². The van der Waals surface area contributed by atoms with E-state index in [1.165, 1.54) is 19.1 Å². The van der Waals surface area contributed by atoms with E-state index in [4.69, 9.17) is 10.2 Å². The molecule has 0 aliphatic heterocycles. The van der Waals surface area contributed by atoms with Crippen LogP contribution in [-0.2, 0) is 9.59 Å². The molecule has 0 fully saturated rings. The Bertz CT molecular complexity index is 547. The highest BCUT2D eigenvalue weighted by atomic mass is 19.1. The van der Waals surface area contributed by atoms with Gasteiger partial charge in [-0.15, -0.1) is 0 Å². The van der Waals surface area contributed by atoms with E-state index < -0.39 is 36.2 Å². The fraction of sp³-hybridized carbons (Fsp3) is 0.250. The zero-order valence-corrected chi connectivity index (χ0v) is 10.5. The van der Waals surface area contributed by atoms with E-state index >= 15 is 0 Å². The smallest absolute Gasteiger partial charge is 0.326 e. The van der Waals surface area contributed by atoms with Gasteiger partial charge in [0.25, 0.3) is 0 Å². The number of hydrogen-bond donors (Lipinski definition) is 4. The van der Waals surface area contributed by atoms with Crippen LogP contribution in [0.15, 0.2) is 18.2 Å². The first kappa shape index (κ1) is 15.4. The fourth-order valence-electron chi connectivity index (χ4n) is 1.42. The number of urea groups is 1. The molecule has 1 rings (SSSR count). The Labute approximate surface area is 113 Å². The molecule has 0 aromatic heterocycles. The molecule has 0 saturated carbocycles. The molecule has 0 bridgehead atoms. The van der Waals surface area contributed by atoms with Gasteiger partial charge in [-0.2, -0.15) is 0 Å². The SMILES string of the molecule is Cc1cc(NC(=O)N[C@@H](CC(=O)O)C(=O)O)ccc1F. The van der Waals surface area contributed by atoms with E-state index in [0.29, 0.717) is 5.56 Å². The molecular weight excluding hydrogens is 271 g/mol. The molecule has 2 amide bonds. The van der Waals surface area contributed by atoms with Crippen molar-refractivity contribution in [2.24, 2.45) is 0 Å². The molecule has 0 spiro atoms. The lowest BCUT2D eigenvalue weighted by atomic mass is 10.2. The van der Waals surface area contributed by atoms with Crippen LogP contribution < -0.4 is 10.6 Å². The molecular formula is C12H13FN2O5. The largest absolute Gasteiger partial charge is 0.481 e. The van der Waals surface area contributed by atoms with Gasteiger partial charge < -0.3 is 20.8 Å². The highest BCUT2D eigenvalue weighted by Gasteiger charge is 2.22. The molecule has 4 N–H and O–H groups in total. The van der Waals surface area contributed by atoms with Crippen LogP contribution in [0.4, 0.5) is 14.9 Å². The topological polar surface area (TPSA) is 116 Å². The summed E-state index contributed by atoms with van der Waals surface area (Å²) in [6.45, 7) is 1.50. The number of aryl methyl sites for hydroxylation is 1. The molecule has 0 heterocycles. The minimum Gasteiger partial charge on any atom is -0.481 e. The lowest BCUT2D eigenvalue weighted by molar-refractivity contribution is -0.145. The van der Waals surface area contributed by atoms with Gasteiger partial charge in [-0.3, -0.25) is 4.79 Å². The summed E-state index contributed by atoms with van der Waals surface area (Å²) in [7, 11) is 0. The molecule has 108 valence electrons. The van der Waals surface area contributed by atoms with Crippen molar-refractivity contribution in [3.63, 3.8) is 0 Å². The van der Waals surface area contributed by atoms with E-state index in [-0.39, 0.29) is 5.69 Å². The van der Waals surface area contributed by atoms with Gasteiger partial charge in [0.05, 0.1) is 6.42 Å². The predicted molar refractivity (Wildman–Crippen MR) is 67.0 cm³/mol. The van der Waals surface area contributed by atoms with Gasteiger partial charge in [0.1, 0.15) is 11.9 Å². The molecule has 1 aromatic carbocycles. The van der Waals surface area contributed by atoms with Crippen LogP contribution in [0, 0.1) is 12.7 Å². The van der Waals surface area contributed by atoms with Crippen LogP contribution in [0.25, 0.3) is 0 Å². The van der Waals surface area contributed by atoms with Crippen molar-refractivity contribution < 1.29 is 29.0 Å². The van der Waals surface area contributed by atoms with Crippen LogP contribution in [-0.4, -0.2) is 34.2 Å². The monoisotopic (exact) mass is 284 g/mol. The van der Waals surface area contributed by atoms with Gasteiger partial charge in [-0.1, -0.05) is 0 Å². The summed E-state index contributed by atoms with van der Waals surface area (Å²) in [6.07, 6.45) is -0.745. The summed E-state index contributed by atoms with van der Waals surface area (Å²) >= 11 is 0. The highest BCUT2D eigenvalue weighted by molar-refractivity contribution is 5.93. The minimum absolute atomic E-state index is 0.265.